The van der Waals surface area contributed by atoms with Crippen LogP contribution in [0.2, 0.25) is 0 Å². The number of carboxylic acids is 1. The zero-order chi connectivity index (χ0) is 14.7. The first-order chi connectivity index (χ1) is 9.04. The van der Waals surface area contributed by atoms with E-state index < -0.39 is 11.9 Å². The molecule has 19 heavy (non-hydrogen) atoms. The summed E-state index contributed by atoms with van der Waals surface area (Å²) < 4.78 is 4.64. The summed E-state index contributed by atoms with van der Waals surface area (Å²) in [6, 6.07) is 0. The van der Waals surface area contributed by atoms with E-state index in [-0.39, 0.29) is 6.42 Å². The molecule has 0 unspecified atom stereocenters. The van der Waals surface area contributed by atoms with E-state index in [4.69, 9.17) is 5.11 Å². The number of allylic oxidation sites excluding steroid dienone is 3. The largest absolute Gasteiger partial charge is 0.481 e. The van der Waals surface area contributed by atoms with E-state index >= 15 is 0 Å². The number of ether oxygens (including phenoxy) is 1. The van der Waals surface area contributed by atoms with Crippen molar-refractivity contribution in [3.63, 3.8) is 0 Å². The van der Waals surface area contributed by atoms with Crippen molar-refractivity contribution < 1.29 is 19.4 Å². The zero-order valence-corrected chi connectivity index (χ0v) is 11.6. The normalized spacial score (nSPS) is 11.0. The lowest BCUT2D eigenvalue weighted by atomic mass is 10.1. The van der Waals surface area contributed by atoms with Crippen molar-refractivity contribution in [2.24, 2.45) is 0 Å². The Morgan fingerprint density at radius 2 is 2.00 bits per heavy atom. The molecule has 4 nitrogen and oxygen atoms in total. The molecule has 0 saturated carbocycles. The summed E-state index contributed by atoms with van der Waals surface area (Å²) >= 11 is 0. The van der Waals surface area contributed by atoms with Gasteiger partial charge in [0.25, 0.3) is 0 Å². The van der Waals surface area contributed by atoms with Crippen LogP contribution in [0, 0.1) is 0 Å². The number of carbonyl (C=O) groups excluding carboxylic acids is 1. The Balaban J connectivity index is 4.97. The maximum absolute atomic E-state index is 11.4. The Hall–Kier alpha value is -2.06. The van der Waals surface area contributed by atoms with Crippen molar-refractivity contribution in [3.05, 3.63) is 41.2 Å². The first-order valence-corrected chi connectivity index (χ1v) is 6.12. The predicted molar refractivity (Wildman–Crippen MR) is 73.7 cm³/mol. The van der Waals surface area contributed by atoms with E-state index in [9.17, 15) is 9.59 Å². The summed E-state index contributed by atoms with van der Waals surface area (Å²) in [5.74, 6) is -1.24. The van der Waals surface area contributed by atoms with Gasteiger partial charge in [-0.05, 0) is 37.5 Å². The van der Waals surface area contributed by atoms with Gasteiger partial charge in [0.05, 0.1) is 12.7 Å². The summed E-state index contributed by atoms with van der Waals surface area (Å²) in [5, 5.41) is 8.61. The number of aliphatic carboxylic acids is 1. The Kier molecular flexibility index (Phi) is 8.84. The molecule has 0 spiro atoms. The Labute approximate surface area is 113 Å². The molecule has 0 saturated heterocycles. The highest BCUT2D eigenvalue weighted by atomic mass is 16.5. The van der Waals surface area contributed by atoms with Gasteiger partial charge in [-0.25, -0.2) is 4.79 Å². The van der Waals surface area contributed by atoms with Gasteiger partial charge in [0.15, 0.2) is 0 Å². The van der Waals surface area contributed by atoms with Gasteiger partial charge in [-0.1, -0.05) is 19.1 Å². The van der Waals surface area contributed by atoms with Crippen LogP contribution in [0.5, 0.6) is 0 Å². The smallest absolute Gasteiger partial charge is 0.337 e. The van der Waals surface area contributed by atoms with E-state index in [2.05, 4.69) is 10.5 Å². The third-order valence-electron chi connectivity index (χ3n) is 2.39. The molecular weight excluding hydrogens is 244 g/mol. The van der Waals surface area contributed by atoms with Crippen LogP contribution in [0.3, 0.4) is 0 Å². The number of carboxylic acid groups (broad SMARTS) is 1. The molecule has 0 aliphatic carbocycles. The highest BCUT2D eigenvalue weighted by Crippen LogP contribution is 2.08. The van der Waals surface area contributed by atoms with Crippen molar-refractivity contribution in [3.8, 4) is 0 Å². The van der Waals surface area contributed by atoms with Gasteiger partial charge in [-0.15, -0.1) is 5.73 Å². The molecule has 0 aromatic heterocycles. The van der Waals surface area contributed by atoms with E-state index in [0.29, 0.717) is 12.0 Å². The standard InChI is InChI=1S/C15H20O4/c1-4-7-13(15(18)19-3)9-6-8-12(5-2)10-11-14(16)17/h4,6-7,9H,5,10-11H2,1-3H3,(H,16,17)/b7-4-,13-9+. The van der Waals surface area contributed by atoms with Crippen LogP contribution < -0.4 is 0 Å². The summed E-state index contributed by atoms with van der Waals surface area (Å²) in [4.78, 5) is 21.9. The molecule has 104 valence electrons. The van der Waals surface area contributed by atoms with Crippen LogP contribution in [0.1, 0.15) is 33.1 Å². The number of carbonyl (C=O) groups is 2. The number of esters is 1. The molecule has 0 heterocycles. The van der Waals surface area contributed by atoms with E-state index in [0.717, 1.165) is 12.0 Å². The number of hydrogen-bond donors (Lipinski definition) is 1. The fraction of sp³-hybridized carbons (Fsp3) is 0.400. The zero-order valence-electron chi connectivity index (χ0n) is 11.6. The fourth-order valence-electron chi connectivity index (χ4n) is 1.35. The van der Waals surface area contributed by atoms with Crippen LogP contribution in [-0.4, -0.2) is 24.2 Å². The van der Waals surface area contributed by atoms with Crippen LogP contribution in [0.4, 0.5) is 0 Å². The molecule has 0 amide bonds. The predicted octanol–water partition coefficient (Wildman–Crippen LogP) is 3.02. The summed E-state index contributed by atoms with van der Waals surface area (Å²) in [7, 11) is 1.32. The summed E-state index contributed by atoms with van der Waals surface area (Å²) in [6.45, 7) is 3.75. The van der Waals surface area contributed by atoms with Crippen molar-refractivity contribution in [1.82, 2.24) is 0 Å². The van der Waals surface area contributed by atoms with Crippen LogP contribution >= 0.6 is 0 Å². The maximum atomic E-state index is 11.4. The average molecular weight is 264 g/mol. The molecule has 0 radical (unpaired) electrons. The first-order valence-electron chi connectivity index (χ1n) is 6.12. The second-order valence-electron chi connectivity index (χ2n) is 3.78. The highest BCUT2D eigenvalue weighted by molar-refractivity contribution is 5.91. The second kappa shape index (κ2) is 9.92. The lowest BCUT2D eigenvalue weighted by Gasteiger charge is -1.98. The minimum Gasteiger partial charge on any atom is -0.481 e. The first kappa shape index (κ1) is 16.9. The van der Waals surface area contributed by atoms with E-state index in [1.165, 1.54) is 7.11 Å². The van der Waals surface area contributed by atoms with Crippen LogP contribution in [0.25, 0.3) is 0 Å². The van der Waals surface area contributed by atoms with Crippen molar-refractivity contribution in [2.75, 3.05) is 7.11 Å². The summed E-state index contributed by atoms with van der Waals surface area (Å²) in [5.41, 5.74) is 4.33. The highest BCUT2D eigenvalue weighted by Gasteiger charge is 2.03. The second-order valence-corrected chi connectivity index (χ2v) is 3.78. The maximum Gasteiger partial charge on any atom is 0.337 e. The molecule has 0 atom stereocenters. The molecule has 4 heteroatoms. The lowest BCUT2D eigenvalue weighted by Crippen LogP contribution is -2.01. The monoisotopic (exact) mass is 264 g/mol. The molecule has 0 aliphatic rings. The topological polar surface area (TPSA) is 63.6 Å². The number of hydrogen-bond acceptors (Lipinski definition) is 3. The van der Waals surface area contributed by atoms with Gasteiger partial charge >= 0.3 is 11.9 Å². The molecule has 0 aliphatic heterocycles. The lowest BCUT2D eigenvalue weighted by molar-refractivity contribution is -0.137. The van der Waals surface area contributed by atoms with E-state index in [1.807, 2.05) is 6.92 Å². The number of methoxy groups -OCH3 is 1. The quantitative estimate of drug-likeness (QED) is 0.332. The van der Waals surface area contributed by atoms with Gasteiger partial charge in [0.2, 0.25) is 0 Å². The Bertz CT molecular complexity index is 435. The fourth-order valence-corrected chi connectivity index (χ4v) is 1.35. The SMILES string of the molecule is C/C=C\C(=C/C=C=C(CC)CCC(=O)O)C(=O)OC. The minimum atomic E-state index is -0.826. The van der Waals surface area contributed by atoms with Gasteiger partial charge < -0.3 is 9.84 Å². The van der Waals surface area contributed by atoms with Crippen molar-refractivity contribution in [1.29, 1.82) is 0 Å². The van der Waals surface area contributed by atoms with Gasteiger partial charge in [-0.2, -0.15) is 0 Å². The minimum absolute atomic E-state index is 0.0897. The molecule has 0 bridgehead atoms. The van der Waals surface area contributed by atoms with Gasteiger partial charge in [-0.3, -0.25) is 4.79 Å². The summed E-state index contributed by atoms with van der Waals surface area (Å²) in [6.07, 6.45) is 7.89. The van der Waals surface area contributed by atoms with E-state index in [1.54, 1.807) is 31.2 Å². The molecule has 0 aromatic rings. The van der Waals surface area contributed by atoms with Gasteiger partial charge in [0, 0.05) is 6.42 Å². The van der Waals surface area contributed by atoms with Crippen LogP contribution in [0.15, 0.2) is 41.2 Å². The molecule has 0 fully saturated rings. The molecule has 0 aromatic carbocycles. The Morgan fingerprint density at radius 1 is 1.32 bits per heavy atom. The van der Waals surface area contributed by atoms with Gasteiger partial charge in [0.1, 0.15) is 0 Å². The number of rotatable bonds is 7. The molecular formula is C15H20O4. The molecule has 1 N–H and O–H groups in total. The third-order valence-corrected chi connectivity index (χ3v) is 2.39. The average Bonchev–Trinajstić information content (AvgIpc) is 2.40. The third kappa shape index (κ3) is 7.79. The van der Waals surface area contributed by atoms with Crippen LogP contribution in [-0.2, 0) is 14.3 Å². The molecule has 0 rings (SSSR count). The van der Waals surface area contributed by atoms with Crippen molar-refractivity contribution in [2.45, 2.75) is 33.1 Å². The Morgan fingerprint density at radius 3 is 2.47 bits per heavy atom. The van der Waals surface area contributed by atoms with Crippen molar-refractivity contribution >= 4 is 11.9 Å².